The molecule has 3 N–H and O–H groups in total. The number of anilines is 1. The van der Waals surface area contributed by atoms with Crippen molar-refractivity contribution < 1.29 is 22.7 Å². The average Bonchev–Trinajstić information content (AvgIpc) is 3.04. The van der Waals surface area contributed by atoms with Crippen LogP contribution in [-0.4, -0.2) is 38.6 Å². The molecule has 2 aliphatic rings. The minimum atomic E-state index is -4.20. The van der Waals surface area contributed by atoms with Crippen molar-refractivity contribution in [3.63, 3.8) is 0 Å². The molecule has 0 radical (unpaired) electrons. The van der Waals surface area contributed by atoms with Crippen LogP contribution in [0.1, 0.15) is 25.3 Å². The Kier molecular flexibility index (Phi) is 4.22. The molecule has 0 aliphatic carbocycles. The van der Waals surface area contributed by atoms with Crippen molar-refractivity contribution in [2.75, 3.05) is 17.4 Å². The van der Waals surface area contributed by atoms with Crippen LogP contribution in [0.2, 0.25) is 0 Å². The summed E-state index contributed by atoms with van der Waals surface area (Å²) in [5.74, 6) is -2.17. The molecule has 3 rings (SSSR count). The van der Waals surface area contributed by atoms with E-state index in [0.717, 1.165) is 12.8 Å². The SMILES string of the molecule is CCCC1C=C(c2ccc(O)c(N3CC(=O)NS3(=O)=O)c2F)CN1. The van der Waals surface area contributed by atoms with E-state index in [4.69, 9.17) is 0 Å². The number of nitrogens with zero attached hydrogens (tertiary/aromatic N) is 1. The van der Waals surface area contributed by atoms with Gasteiger partial charge in [0.1, 0.15) is 18.0 Å². The summed E-state index contributed by atoms with van der Waals surface area (Å²) in [6, 6.07) is 2.79. The second-order valence-electron chi connectivity index (χ2n) is 5.80. The lowest BCUT2D eigenvalue weighted by Crippen LogP contribution is -2.30. The molecule has 0 saturated carbocycles. The van der Waals surface area contributed by atoms with Gasteiger partial charge in [-0.3, -0.25) is 4.79 Å². The normalized spacial score (nSPS) is 22.6. The maximum absolute atomic E-state index is 14.9. The molecule has 1 aromatic rings. The molecule has 1 amide bonds. The molecule has 1 aromatic carbocycles. The molecule has 7 nitrogen and oxygen atoms in total. The molecule has 9 heteroatoms. The highest BCUT2D eigenvalue weighted by Crippen LogP contribution is 2.37. The van der Waals surface area contributed by atoms with Crippen molar-refractivity contribution in [2.45, 2.75) is 25.8 Å². The van der Waals surface area contributed by atoms with E-state index < -0.39 is 39.9 Å². The Labute approximate surface area is 139 Å². The van der Waals surface area contributed by atoms with E-state index in [-0.39, 0.29) is 11.6 Å². The van der Waals surface area contributed by atoms with Gasteiger partial charge in [0.2, 0.25) is 0 Å². The van der Waals surface area contributed by atoms with Crippen molar-refractivity contribution in [3.05, 3.63) is 29.6 Å². The molecule has 24 heavy (non-hydrogen) atoms. The molecule has 2 heterocycles. The van der Waals surface area contributed by atoms with Gasteiger partial charge >= 0.3 is 10.2 Å². The highest BCUT2D eigenvalue weighted by atomic mass is 32.2. The minimum absolute atomic E-state index is 0.139. The third-order valence-corrected chi connectivity index (χ3v) is 5.44. The van der Waals surface area contributed by atoms with Gasteiger partial charge in [-0.1, -0.05) is 19.4 Å². The number of rotatable bonds is 4. The topological polar surface area (TPSA) is 98.7 Å². The molecule has 2 aliphatic heterocycles. The number of nitrogens with one attached hydrogen (secondary N) is 2. The van der Waals surface area contributed by atoms with Crippen LogP contribution >= 0.6 is 0 Å². The first kappa shape index (κ1) is 16.7. The van der Waals surface area contributed by atoms with Crippen molar-refractivity contribution in [2.24, 2.45) is 0 Å². The highest BCUT2D eigenvalue weighted by Gasteiger charge is 2.38. The quantitative estimate of drug-likeness (QED) is 0.744. The van der Waals surface area contributed by atoms with Gasteiger partial charge in [-0.25, -0.2) is 13.4 Å². The van der Waals surface area contributed by atoms with E-state index in [0.29, 0.717) is 16.4 Å². The predicted octanol–water partition coefficient (Wildman–Crippen LogP) is 0.868. The van der Waals surface area contributed by atoms with Gasteiger partial charge in [-0.05, 0) is 24.1 Å². The van der Waals surface area contributed by atoms with Gasteiger partial charge in [0, 0.05) is 18.2 Å². The molecular weight excluding hydrogens is 337 g/mol. The summed E-state index contributed by atoms with van der Waals surface area (Å²) in [5, 5.41) is 13.2. The first-order valence-corrected chi connectivity index (χ1v) is 9.06. The summed E-state index contributed by atoms with van der Waals surface area (Å²) in [5.41, 5.74) is 0.400. The molecule has 130 valence electrons. The molecule has 0 aromatic heterocycles. The number of aromatic hydroxyl groups is 1. The maximum atomic E-state index is 14.9. The van der Waals surface area contributed by atoms with Crippen LogP contribution in [0.15, 0.2) is 18.2 Å². The van der Waals surface area contributed by atoms with E-state index in [1.54, 1.807) is 4.72 Å². The Hall–Kier alpha value is -2.13. The van der Waals surface area contributed by atoms with Crippen LogP contribution in [0, 0.1) is 5.82 Å². The standard InChI is InChI=1S/C15H18FN3O4S/c1-2-3-10-6-9(7-17-10)11-4-5-12(20)15(14(11)16)19-8-13(21)18-24(19,22)23/h4-6,10,17,20H,2-3,7-8H2,1H3,(H,18,21). The smallest absolute Gasteiger partial charge is 0.326 e. The van der Waals surface area contributed by atoms with E-state index in [1.165, 1.54) is 12.1 Å². The summed E-state index contributed by atoms with van der Waals surface area (Å²) < 4.78 is 41.1. The Bertz CT molecular complexity index is 822. The highest BCUT2D eigenvalue weighted by molar-refractivity contribution is 7.92. The van der Waals surface area contributed by atoms with Gasteiger partial charge in [0.25, 0.3) is 5.91 Å². The molecule has 0 spiro atoms. The first-order valence-electron chi connectivity index (χ1n) is 7.62. The van der Waals surface area contributed by atoms with Crippen LogP contribution < -0.4 is 14.3 Å². The number of phenols is 1. The Morgan fingerprint density at radius 1 is 1.42 bits per heavy atom. The van der Waals surface area contributed by atoms with Crippen LogP contribution in [0.5, 0.6) is 5.75 Å². The number of hydrogen-bond acceptors (Lipinski definition) is 5. The molecule has 1 saturated heterocycles. The second kappa shape index (κ2) is 6.06. The number of phenolic OH excluding ortho intramolecular Hbond substituents is 1. The van der Waals surface area contributed by atoms with Crippen LogP contribution in [0.25, 0.3) is 5.57 Å². The lowest BCUT2D eigenvalue weighted by molar-refractivity contribution is -0.117. The van der Waals surface area contributed by atoms with Crippen LogP contribution in [0.3, 0.4) is 0 Å². The predicted molar refractivity (Wildman–Crippen MR) is 87.1 cm³/mol. The fraction of sp³-hybridized carbons (Fsp3) is 0.400. The Morgan fingerprint density at radius 3 is 2.79 bits per heavy atom. The zero-order valence-electron chi connectivity index (χ0n) is 13.0. The number of carbonyl (C=O) groups is 1. The monoisotopic (exact) mass is 355 g/mol. The van der Waals surface area contributed by atoms with Gasteiger partial charge in [0.05, 0.1) is 0 Å². The summed E-state index contributed by atoms with van der Waals surface area (Å²) in [6.45, 7) is 1.94. The summed E-state index contributed by atoms with van der Waals surface area (Å²) >= 11 is 0. The Balaban J connectivity index is 2.04. The maximum Gasteiger partial charge on any atom is 0.326 e. The lowest BCUT2D eigenvalue weighted by Gasteiger charge is -2.18. The van der Waals surface area contributed by atoms with Crippen molar-refractivity contribution >= 4 is 27.4 Å². The Morgan fingerprint density at radius 2 is 2.17 bits per heavy atom. The van der Waals surface area contributed by atoms with E-state index >= 15 is 0 Å². The third-order valence-electron chi connectivity index (χ3n) is 4.07. The fourth-order valence-corrected chi connectivity index (χ4v) is 4.13. The first-order chi connectivity index (χ1) is 11.3. The summed E-state index contributed by atoms with van der Waals surface area (Å²) in [4.78, 5) is 11.4. The fourth-order valence-electron chi connectivity index (χ4n) is 2.97. The van der Waals surface area contributed by atoms with Gasteiger partial charge < -0.3 is 10.4 Å². The molecule has 1 atom stereocenters. The molecule has 0 bridgehead atoms. The van der Waals surface area contributed by atoms with Gasteiger partial charge in [0.15, 0.2) is 5.82 Å². The number of carbonyl (C=O) groups excluding carboxylic acids is 1. The van der Waals surface area contributed by atoms with E-state index in [9.17, 15) is 22.7 Å². The lowest BCUT2D eigenvalue weighted by atomic mass is 10.0. The minimum Gasteiger partial charge on any atom is -0.506 e. The zero-order valence-corrected chi connectivity index (χ0v) is 13.9. The third kappa shape index (κ3) is 2.84. The van der Waals surface area contributed by atoms with Gasteiger partial charge in [-0.2, -0.15) is 8.42 Å². The molecule has 1 unspecified atom stereocenters. The van der Waals surface area contributed by atoms with Crippen molar-refractivity contribution in [3.8, 4) is 5.75 Å². The van der Waals surface area contributed by atoms with Crippen molar-refractivity contribution in [1.29, 1.82) is 0 Å². The van der Waals surface area contributed by atoms with E-state index in [2.05, 4.69) is 12.2 Å². The van der Waals surface area contributed by atoms with Crippen LogP contribution in [0.4, 0.5) is 10.1 Å². The van der Waals surface area contributed by atoms with Crippen molar-refractivity contribution in [1.82, 2.24) is 10.0 Å². The molecule has 1 fully saturated rings. The van der Waals surface area contributed by atoms with Gasteiger partial charge in [-0.15, -0.1) is 0 Å². The molecular formula is C15H18FN3O4S. The van der Waals surface area contributed by atoms with Crippen LogP contribution in [-0.2, 0) is 15.0 Å². The summed E-state index contributed by atoms with van der Waals surface area (Å²) in [6.07, 6.45) is 3.80. The number of benzene rings is 1. The largest absolute Gasteiger partial charge is 0.506 e. The van der Waals surface area contributed by atoms with E-state index in [1.807, 2.05) is 6.08 Å². The second-order valence-corrected chi connectivity index (χ2v) is 7.39. The number of halogens is 1. The number of amides is 1. The average molecular weight is 355 g/mol. The zero-order chi connectivity index (χ0) is 17.5. The summed E-state index contributed by atoms with van der Waals surface area (Å²) in [7, 11) is -4.20. The number of hydrogen-bond donors (Lipinski definition) is 3.